The Bertz CT molecular complexity index is 770. The molecule has 2 aromatic rings. The van der Waals surface area contributed by atoms with Crippen LogP contribution in [0.4, 0.5) is 10.1 Å². The van der Waals surface area contributed by atoms with Gasteiger partial charge in [0.15, 0.2) is 5.78 Å². The molecule has 26 heavy (non-hydrogen) atoms. The molecule has 1 aliphatic heterocycles. The predicted molar refractivity (Wildman–Crippen MR) is 102 cm³/mol. The Kier molecular flexibility index (Phi) is 6.00. The second-order valence-electron chi connectivity index (χ2n) is 6.32. The number of Topliss-reactive ketones (excluding diaryl/α,β-unsaturated/α-hetero) is 1. The molecule has 0 aromatic heterocycles. The van der Waals surface area contributed by atoms with Crippen LogP contribution in [0.15, 0.2) is 53.5 Å². The van der Waals surface area contributed by atoms with Crippen molar-refractivity contribution < 1.29 is 13.9 Å². The van der Waals surface area contributed by atoms with Crippen LogP contribution in [0.1, 0.15) is 36.0 Å². The van der Waals surface area contributed by atoms with E-state index in [1.165, 1.54) is 24.3 Å². The van der Waals surface area contributed by atoms with Gasteiger partial charge in [0.25, 0.3) is 0 Å². The lowest BCUT2D eigenvalue weighted by Crippen LogP contribution is -2.36. The number of methoxy groups -OCH3 is 1. The monoisotopic (exact) mass is 354 g/mol. The van der Waals surface area contributed by atoms with Crippen molar-refractivity contribution in [2.45, 2.75) is 25.7 Å². The number of hydrogen-bond donors (Lipinski definition) is 0. The van der Waals surface area contributed by atoms with Crippen LogP contribution in [0.2, 0.25) is 0 Å². The van der Waals surface area contributed by atoms with Crippen molar-refractivity contribution in [1.29, 1.82) is 0 Å². The Morgan fingerprint density at radius 3 is 2.50 bits per heavy atom. The SMILES string of the molecule is COc1ccc(N(CC(=O)c2ccc(F)cc2)C2=NCCCCC2)cc1. The van der Waals surface area contributed by atoms with Crippen molar-refractivity contribution >= 4 is 17.3 Å². The molecule has 0 bridgehead atoms. The van der Waals surface area contributed by atoms with Crippen LogP contribution in [-0.2, 0) is 0 Å². The molecule has 0 saturated carbocycles. The number of rotatable bonds is 5. The van der Waals surface area contributed by atoms with Gasteiger partial charge in [0.2, 0.25) is 0 Å². The van der Waals surface area contributed by atoms with E-state index in [4.69, 9.17) is 9.73 Å². The van der Waals surface area contributed by atoms with Crippen molar-refractivity contribution in [1.82, 2.24) is 0 Å². The van der Waals surface area contributed by atoms with Gasteiger partial charge in [-0.1, -0.05) is 6.42 Å². The van der Waals surface area contributed by atoms with E-state index in [-0.39, 0.29) is 18.1 Å². The maximum absolute atomic E-state index is 13.1. The molecule has 1 heterocycles. The summed E-state index contributed by atoms with van der Waals surface area (Å²) in [6.45, 7) is 0.962. The zero-order valence-corrected chi connectivity index (χ0v) is 15.0. The first-order valence-corrected chi connectivity index (χ1v) is 8.91. The highest BCUT2D eigenvalue weighted by molar-refractivity contribution is 6.07. The molecule has 0 N–H and O–H groups in total. The van der Waals surface area contributed by atoms with E-state index in [1.807, 2.05) is 29.2 Å². The molecule has 0 spiro atoms. The number of halogens is 1. The molecule has 5 heteroatoms. The number of anilines is 1. The number of carbonyl (C=O) groups excluding carboxylic acids is 1. The van der Waals surface area contributed by atoms with E-state index in [9.17, 15) is 9.18 Å². The van der Waals surface area contributed by atoms with Crippen LogP contribution in [0.25, 0.3) is 0 Å². The van der Waals surface area contributed by atoms with E-state index >= 15 is 0 Å². The maximum Gasteiger partial charge on any atom is 0.182 e. The van der Waals surface area contributed by atoms with E-state index in [0.29, 0.717) is 5.56 Å². The fourth-order valence-electron chi connectivity index (χ4n) is 3.04. The van der Waals surface area contributed by atoms with E-state index in [0.717, 1.165) is 49.5 Å². The van der Waals surface area contributed by atoms with Gasteiger partial charge in [-0.2, -0.15) is 0 Å². The fourth-order valence-corrected chi connectivity index (χ4v) is 3.04. The molecular formula is C21H23FN2O2. The highest BCUT2D eigenvalue weighted by Crippen LogP contribution is 2.23. The average molecular weight is 354 g/mol. The smallest absolute Gasteiger partial charge is 0.182 e. The van der Waals surface area contributed by atoms with Crippen LogP contribution in [-0.4, -0.2) is 31.8 Å². The summed E-state index contributed by atoms with van der Waals surface area (Å²) in [4.78, 5) is 19.4. The Balaban J connectivity index is 1.87. The first-order chi connectivity index (χ1) is 12.7. The largest absolute Gasteiger partial charge is 0.497 e. The second kappa shape index (κ2) is 8.61. The third-order valence-electron chi connectivity index (χ3n) is 4.52. The van der Waals surface area contributed by atoms with Crippen LogP contribution in [0, 0.1) is 5.82 Å². The summed E-state index contributed by atoms with van der Waals surface area (Å²) in [5, 5.41) is 0. The van der Waals surface area contributed by atoms with Gasteiger partial charge in [-0.15, -0.1) is 0 Å². The molecule has 2 aromatic carbocycles. The normalized spacial score (nSPS) is 14.3. The van der Waals surface area contributed by atoms with Gasteiger partial charge in [0.05, 0.1) is 13.7 Å². The Labute approximate surface area is 153 Å². The standard InChI is InChI=1S/C21H23FN2O2/c1-26-19-12-10-18(11-13-19)24(21-5-3-2-4-14-23-21)15-20(25)16-6-8-17(22)9-7-16/h6-13H,2-5,14-15H2,1H3. The number of benzene rings is 2. The van der Waals surface area contributed by atoms with Crippen molar-refractivity contribution in [3.8, 4) is 5.75 Å². The third kappa shape index (κ3) is 4.48. The van der Waals surface area contributed by atoms with Gasteiger partial charge in [0.1, 0.15) is 17.4 Å². The van der Waals surface area contributed by atoms with Gasteiger partial charge < -0.3 is 9.64 Å². The molecule has 3 rings (SSSR count). The van der Waals surface area contributed by atoms with Gasteiger partial charge in [-0.25, -0.2) is 4.39 Å². The summed E-state index contributed by atoms with van der Waals surface area (Å²) < 4.78 is 18.4. The first-order valence-electron chi connectivity index (χ1n) is 8.91. The lowest BCUT2D eigenvalue weighted by Gasteiger charge is -2.26. The average Bonchev–Trinajstić information content (AvgIpc) is 2.96. The topological polar surface area (TPSA) is 41.9 Å². The van der Waals surface area contributed by atoms with Crippen molar-refractivity contribution in [2.75, 3.05) is 25.1 Å². The molecule has 0 radical (unpaired) electrons. The molecule has 0 atom stereocenters. The molecule has 4 nitrogen and oxygen atoms in total. The number of aliphatic imine (C=N–C) groups is 1. The summed E-state index contributed by atoms with van der Waals surface area (Å²) in [5.74, 6) is 1.29. The van der Waals surface area contributed by atoms with Gasteiger partial charge in [-0.05, 0) is 61.4 Å². The van der Waals surface area contributed by atoms with Gasteiger partial charge >= 0.3 is 0 Å². The molecule has 0 amide bonds. The van der Waals surface area contributed by atoms with Crippen molar-refractivity contribution in [3.05, 3.63) is 59.9 Å². The molecular weight excluding hydrogens is 331 g/mol. The first kappa shape index (κ1) is 18.1. The summed E-state index contributed by atoms with van der Waals surface area (Å²) in [5.41, 5.74) is 1.40. The van der Waals surface area contributed by atoms with E-state index < -0.39 is 0 Å². The van der Waals surface area contributed by atoms with E-state index in [1.54, 1.807) is 7.11 Å². The number of carbonyl (C=O) groups is 1. The molecule has 0 fully saturated rings. The maximum atomic E-state index is 13.1. The lowest BCUT2D eigenvalue weighted by atomic mass is 10.1. The number of ketones is 1. The van der Waals surface area contributed by atoms with Crippen LogP contribution in [0.5, 0.6) is 5.75 Å². The van der Waals surface area contributed by atoms with E-state index in [2.05, 4.69) is 0 Å². The Morgan fingerprint density at radius 2 is 1.81 bits per heavy atom. The molecule has 0 unspecified atom stereocenters. The minimum absolute atomic E-state index is 0.0623. The minimum atomic E-state index is -0.346. The second-order valence-corrected chi connectivity index (χ2v) is 6.32. The summed E-state index contributed by atoms with van der Waals surface area (Å²) >= 11 is 0. The minimum Gasteiger partial charge on any atom is -0.497 e. The van der Waals surface area contributed by atoms with Crippen molar-refractivity contribution in [3.63, 3.8) is 0 Å². The number of nitrogens with zero attached hydrogens (tertiary/aromatic N) is 2. The summed E-state index contributed by atoms with van der Waals surface area (Å²) in [6.07, 6.45) is 4.14. The zero-order chi connectivity index (χ0) is 18.4. The molecule has 0 saturated heterocycles. The zero-order valence-electron chi connectivity index (χ0n) is 15.0. The Hall–Kier alpha value is -2.69. The Morgan fingerprint density at radius 1 is 1.08 bits per heavy atom. The molecule has 1 aliphatic rings. The van der Waals surface area contributed by atoms with Gasteiger partial charge in [0, 0.05) is 24.2 Å². The number of amidine groups is 1. The quantitative estimate of drug-likeness (QED) is 0.743. The lowest BCUT2D eigenvalue weighted by molar-refractivity contribution is 0.100. The molecule has 136 valence electrons. The third-order valence-corrected chi connectivity index (χ3v) is 4.52. The molecule has 0 aliphatic carbocycles. The van der Waals surface area contributed by atoms with Crippen LogP contribution < -0.4 is 9.64 Å². The predicted octanol–water partition coefficient (Wildman–Crippen LogP) is 4.50. The van der Waals surface area contributed by atoms with Crippen LogP contribution in [0.3, 0.4) is 0 Å². The van der Waals surface area contributed by atoms with Crippen molar-refractivity contribution in [2.24, 2.45) is 4.99 Å². The van der Waals surface area contributed by atoms with Gasteiger partial charge in [-0.3, -0.25) is 9.79 Å². The number of hydrogen-bond acceptors (Lipinski definition) is 4. The highest BCUT2D eigenvalue weighted by Gasteiger charge is 2.19. The number of ether oxygens (including phenoxy) is 1. The van der Waals surface area contributed by atoms with Crippen LogP contribution >= 0.6 is 0 Å². The highest BCUT2D eigenvalue weighted by atomic mass is 19.1. The summed E-state index contributed by atoms with van der Waals surface area (Å²) in [7, 11) is 1.63. The fraction of sp³-hybridized carbons (Fsp3) is 0.333. The summed E-state index contributed by atoms with van der Waals surface area (Å²) in [6, 6.07) is 13.3.